The number of fused-ring (bicyclic) bond motifs is 5. The number of rotatable bonds is 3. The number of hydrogen-bond donors (Lipinski definition) is 1. The van der Waals surface area contributed by atoms with Gasteiger partial charge in [-0.25, -0.2) is 0 Å². The molecule has 0 amide bonds. The lowest BCUT2D eigenvalue weighted by Gasteiger charge is -2.59. The fourth-order valence-corrected chi connectivity index (χ4v) is 8.90. The van der Waals surface area contributed by atoms with Gasteiger partial charge in [-0.15, -0.1) is 11.8 Å². The molecule has 0 aliphatic heterocycles. The van der Waals surface area contributed by atoms with Gasteiger partial charge in [0.05, 0.1) is 5.60 Å². The van der Waals surface area contributed by atoms with Crippen molar-refractivity contribution in [2.75, 3.05) is 5.75 Å². The van der Waals surface area contributed by atoms with Crippen molar-refractivity contribution in [3.8, 4) is 0 Å². The summed E-state index contributed by atoms with van der Waals surface area (Å²) in [4.78, 5) is 14.2. The van der Waals surface area contributed by atoms with Crippen molar-refractivity contribution in [3.05, 3.63) is 41.5 Å². The summed E-state index contributed by atoms with van der Waals surface area (Å²) in [6.45, 7) is 6.93. The summed E-state index contributed by atoms with van der Waals surface area (Å²) in [7, 11) is 0. The summed E-state index contributed by atoms with van der Waals surface area (Å²) in [6, 6.07) is 10.5. The van der Waals surface area contributed by atoms with E-state index in [-0.39, 0.29) is 10.8 Å². The van der Waals surface area contributed by atoms with Crippen LogP contribution < -0.4 is 0 Å². The molecule has 0 radical (unpaired) electrons. The molecule has 5 rings (SSSR count). The van der Waals surface area contributed by atoms with Crippen LogP contribution in [-0.4, -0.2) is 22.2 Å². The largest absolute Gasteiger partial charge is 0.390 e. The van der Waals surface area contributed by atoms with Crippen LogP contribution in [0, 0.1) is 28.6 Å². The van der Waals surface area contributed by atoms with Gasteiger partial charge < -0.3 is 5.11 Å². The molecule has 3 fully saturated rings. The maximum Gasteiger partial charge on any atom is 0.159 e. The van der Waals surface area contributed by atoms with Gasteiger partial charge in [0.2, 0.25) is 0 Å². The van der Waals surface area contributed by atoms with Gasteiger partial charge in [-0.05, 0) is 92.6 Å². The lowest BCUT2D eigenvalue weighted by molar-refractivity contribution is -0.125. The van der Waals surface area contributed by atoms with Crippen molar-refractivity contribution in [2.24, 2.45) is 28.6 Å². The second-order valence-corrected chi connectivity index (χ2v) is 12.1. The van der Waals surface area contributed by atoms with Crippen LogP contribution in [0.5, 0.6) is 0 Å². The summed E-state index contributed by atoms with van der Waals surface area (Å²) in [5.41, 5.74) is 2.38. The molecule has 1 aromatic rings. The first-order valence-electron chi connectivity index (χ1n) is 11.9. The normalized spacial score (nSPS) is 43.2. The first-order valence-corrected chi connectivity index (χ1v) is 12.9. The third kappa shape index (κ3) is 2.98. The van der Waals surface area contributed by atoms with Crippen LogP contribution in [0.2, 0.25) is 0 Å². The Hall–Kier alpha value is -1.06. The Morgan fingerprint density at radius 1 is 0.967 bits per heavy atom. The van der Waals surface area contributed by atoms with Crippen LogP contribution in [0.15, 0.2) is 46.4 Å². The third-order valence-electron chi connectivity index (χ3n) is 9.93. The number of hydrogen-bond acceptors (Lipinski definition) is 3. The van der Waals surface area contributed by atoms with Crippen LogP contribution in [0.4, 0.5) is 0 Å². The van der Waals surface area contributed by atoms with Crippen molar-refractivity contribution in [1.29, 1.82) is 0 Å². The highest BCUT2D eigenvalue weighted by atomic mass is 32.2. The van der Waals surface area contributed by atoms with E-state index in [1.807, 2.05) is 17.8 Å². The Morgan fingerprint density at radius 2 is 1.70 bits per heavy atom. The molecule has 2 nitrogen and oxygen atoms in total. The van der Waals surface area contributed by atoms with Gasteiger partial charge in [-0.1, -0.05) is 37.6 Å². The van der Waals surface area contributed by atoms with E-state index in [1.165, 1.54) is 29.7 Å². The van der Waals surface area contributed by atoms with Crippen molar-refractivity contribution in [1.82, 2.24) is 0 Å². The van der Waals surface area contributed by atoms with E-state index < -0.39 is 5.60 Å². The first kappa shape index (κ1) is 20.8. The predicted molar refractivity (Wildman–Crippen MR) is 123 cm³/mol. The molecule has 0 unspecified atom stereocenters. The minimum Gasteiger partial charge on any atom is -0.390 e. The Balaban J connectivity index is 1.44. The van der Waals surface area contributed by atoms with Crippen LogP contribution >= 0.6 is 11.8 Å². The van der Waals surface area contributed by atoms with Crippen molar-refractivity contribution >= 4 is 17.5 Å². The molecule has 4 aliphatic carbocycles. The molecular weight excluding hydrogens is 388 g/mol. The number of allylic oxidation sites excluding steroid dienone is 1. The number of carbonyl (C=O) groups is 1. The molecule has 0 aromatic heterocycles. The monoisotopic (exact) mass is 424 g/mol. The minimum absolute atomic E-state index is 0.0716. The van der Waals surface area contributed by atoms with Crippen LogP contribution in [0.1, 0.15) is 72.1 Å². The fraction of sp³-hybridized carbons (Fsp3) is 0.667. The van der Waals surface area contributed by atoms with Crippen molar-refractivity contribution < 1.29 is 9.90 Å². The van der Waals surface area contributed by atoms with E-state index in [0.717, 1.165) is 37.0 Å². The highest BCUT2D eigenvalue weighted by molar-refractivity contribution is 7.99. The second-order valence-electron chi connectivity index (χ2n) is 11.1. The number of aliphatic hydroxyl groups is 1. The smallest absolute Gasteiger partial charge is 0.159 e. The zero-order chi connectivity index (χ0) is 21.1. The molecule has 3 saturated carbocycles. The predicted octanol–water partition coefficient (Wildman–Crippen LogP) is 6.43. The molecule has 30 heavy (non-hydrogen) atoms. The molecular formula is C27H36O2S. The van der Waals surface area contributed by atoms with Gasteiger partial charge >= 0.3 is 0 Å². The highest BCUT2D eigenvalue weighted by Crippen LogP contribution is 2.67. The van der Waals surface area contributed by atoms with E-state index in [2.05, 4.69) is 45.0 Å². The summed E-state index contributed by atoms with van der Waals surface area (Å²) >= 11 is 1.82. The number of thioether (sulfide) groups is 1. The molecule has 1 N–H and O–H groups in total. The standard InChI is InChI=1S/C27H36O2S/c1-25-14-13-24(28)20(17-30-18-7-5-4-6-8-18)21(25)10-9-19-22(25)11-15-26(2)23(19)12-16-27(26,3)29/h4-8,19,22-23,29H,9-17H2,1-3H3/t19-,22+,23+,25+,26+,27+/m1/s1. The van der Waals surface area contributed by atoms with Gasteiger partial charge in [0.25, 0.3) is 0 Å². The van der Waals surface area contributed by atoms with E-state index in [0.29, 0.717) is 30.0 Å². The maximum absolute atomic E-state index is 13.0. The van der Waals surface area contributed by atoms with Gasteiger partial charge in [0, 0.05) is 22.6 Å². The zero-order valence-corrected chi connectivity index (χ0v) is 19.6. The van der Waals surface area contributed by atoms with Crippen LogP contribution in [0.3, 0.4) is 0 Å². The molecule has 6 atom stereocenters. The quantitative estimate of drug-likeness (QED) is 0.568. The summed E-state index contributed by atoms with van der Waals surface area (Å²) in [5, 5.41) is 11.1. The summed E-state index contributed by atoms with van der Waals surface area (Å²) in [5.74, 6) is 3.25. The fourth-order valence-electron chi connectivity index (χ4n) is 7.91. The minimum atomic E-state index is -0.514. The van der Waals surface area contributed by atoms with Gasteiger partial charge in [-0.3, -0.25) is 4.79 Å². The molecule has 0 bridgehead atoms. The second kappa shape index (κ2) is 7.24. The Labute approximate surface area is 185 Å². The van der Waals surface area contributed by atoms with Crippen molar-refractivity contribution in [2.45, 2.75) is 82.6 Å². The number of ketones is 1. The lowest BCUT2D eigenvalue weighted by Crippen LogP contribution is -2.54. The maximum atomic E-state index is 13.0. The average molecular weight is 425 g/mol. The molecule has 0 saturated heterocycles. The summed E-state index contributed by atoms with van der Waals surface area (Å²) < 4.78 is 0. The zero-order valence-electron chi connectivity index (χ0n) is 18.7. The van der Waals surface area contributed by atoms with E-state index >= 15 is 0 Å². The van der Waals surface area contributed by atoms with Gasteiger partial charge in [-0.2, -0.15) is 0 Å². The first-order chi connectivity index (χ1) is 14.3. The highest BCUT2D eigenvalue weighted by Gasteiger charge is 2.62. The molecule has 1 aromatic carbocycles. The molecule has 0 heterocycles. The Morgan fingerprint density at radius 3 is 2.47 bits per heavy atom. The Kier molecular flexibility index (Phi) is 5.02. The van der Waals surface area contributed by atoms with E-state index in [9.17, 15) is 9.90 Å². The molecule has 4 aliphatic rings. The number of carbonyl (C=O) groups excluding carboxylic acids is 1. The SMILES string of the molecule is C[C@]12CCC(=O)C(CSc3ccccc3)=C1CC[C@@H]1[C@@H]2CC[C@@]2(C)[C@H]1CC[C@]2(C)O. The van der Waals surface area contributed by atoms with Gasteiger partial charge in [0.1, 0.15) is 0 Å². The number of benzene rings is 1. The molecule has 162 valence electrons. The average Bonchev–Trinajstić information content (AvgIpc) is 2.98. The van der Waals surface area contributed by atoms with Gasteiger partial charge in [0.15, 0.2) is 5.78 Å². The van der Waals surface area contributed by atoms with E-state index in [1.54, 1.807) is 0 Å². The molecule has 0 spiro atoms. The Bertz CT molecular complexity index is 872. The van der Waals surface area contributed by atoms with E-state index in [4.69, 9.17) is 0 Å². The van der Waals surface area contributed by atoms with Crippen molar-refractivity contribution in [3.63, 3.8) is 0 Å². The topological polar surface area (TPSA) is 37.3 Å². The van der Waals surface area contributed by atoms with Crippen LogP contribution in [0.25, 0.3) is 0 Å². The number of Topliss-reactive ketones (excluding diaryl/α,β-unsaturated/α-hetero) is 1. The van der Waals surface area contributed by atoms with Crippen LogP contribution in [-0.2, 0) is 4.79 Å². The lowest BCUT2D eigenvalue weighted by atomic mass is 9.46. The molecule has 3 heteroatoms. The third-order valence-corrected chi connectivity index (χ3v) is 11.0. The summed E-state index contributed by atoms with van der Waals surface area (Å²) in [6.07, 6.45) is 8.51.